The first kappa shape index (κ1) is 11.8. The molecule has 0 saturated heterocycles. The van der Waals surface area contributed by atoms with Gasteiger partial charge in [-0.2, -0.15) is 0 Å². The number of esters is 1. The molecule has 0 atom stereocenters. The summed E-state index contributed by atoms with van der Waals surface area (Å²) in [6.07, 6.45) is 1.17. The van der Waals surface area contributed by atoms with Crippen LogP contribution in [0.5, 0.6) is 11.5 Å². The summed E-state index contributed by atoms with van der Waals surface area (Å²) in [5.74, 6) is 0.201. The van der Waals surface area contributed by atoms with E-state index in [9.17, 15) is 9.82 Å². The van der Waals surface area contributed by atoms with E-state index in [1.807, 2.05) is 6.07 Å². The smallest absolute Gasteiger partial charge is 0.522 e. The second-order valence-corrected chi connectivity index (χ2v) is 3.73. The maximum atomic E-state index is 11.7. The minimum absolute atomic E-state index is 0.228. The third kappa shape index (κ3) is 2.08. The van der Waals surface area contributed by atoms with Crippen LogP contribution in [0.4, 0.5) is 0 Å². The van der Waals surface area contributed by atoms with Gasteiger partial charge in [-0.25, -0.2) is 4.79 Å². The summed E-state index contributed by atoms with van der Waals surface area (Å²) in [7, 11) is 1.87. The monoisotopic (exact) mass is 236 g/mol. The molecule has 0 aliphatic carbocycles. The molecule has 0 amide bonds. The Morgan fingerprint density at radius 3 is 2.88 bits per heavy atom. The summed E-state index contributed by atoms with van der Waals surface area (Å²) in [4.78, 5) is 11.7. The summed E-state index contributed by atoms with van der Waals surface area (Å²) in [5, 5.41) is 9.48. The zero-order valence-corrected chi connectivity index (χ0v) is 9.73. The highest BCUT2D eigenvalue weighted by Gasteiger charge is 2.30. The van der Waals surface area contributed by atoms with Gasteiger partial charge in [-0.05, 0) is 24.4 Å². The van der Waals surface area contributed by atoms with Crippen molar-refractivity contribution in [2.45, 2.75) is 12.7 Å². The molecular weight excluding hydrogens is 223 g/mol. The lowest BCUT2D eigenvalue weighted by atomic mass is 9.78. The summed E-state index contributed by atoms with van der Waals surface area (Å²) < 4.78 is 15.1. The highest BCUT2D eigenvalue weighted by molar-refractivity contribution is 6.44. The maximum Gasteiger partial charge on any atom is 0.522 e. The number of benzene rings is 1. The van der Waals surface area contributed by atoms with E-state index < -0.39 is 13.1 Å². The van der Waals surface area contributed by atoms with Gasteiger partial charge in [0.1, 0.15) is 17.1 Å². The van der Waals surface area contributed by atoms with E-state index in [2.05, 4.69) is 0 Å². The molecule has 1 N–H and O–H groups in total. The number of carbonyl (C=O) groups excluding carboxylic acids is 1. The van der Waals surface area contributed by atoms with Gasteiger partial charge in [-0.15, -0.1) is 0 Å². The van der Waals surface area contributed by atoms with Gasteiger partial charge in [0.15, 0.2) is 0 Å². The normalized spacial score (nSPS) is 13.7. The fourth-order valence-corrected chi connectivity index (χ4v) is 1.88. The predicted octanol–water partition coefficient (Wildman–Crippen LogP) is 0.897. The van der Waals surface area contributed by atoms with E-state index in [1.54, 1.807) is 6.07 Å². The lowest BCUT2D eigenvalue weighted by Gasteiger charge is -2.22. The molecule has 17 heavy (non-hydrogen) atoms. The van der Waals surface area contributed by atoms with Gasteiger partial charge in [-0.1, -0.05) is 6.07 Å². The van der Waals surface area contributed by atoms with E-state index in [-0.39, 0.29) is 5.56 Å². The van der Waals surface area contributed by atoms with Gasteiger partial charge in [-0.3, -0.25) is 0 Å². The molecule has 2 rings (SSSR count). The Balaban J connectivity index is 2.55. The van der Waals surface area contributed by atoms with Gasteiger partial charge in [0, 0.05) is 0 Å². The van der Waals surface area contributed by atoms with Crippen molar-refractivity contribution in [2.75, 3.05) is 14.2 Å². The van der Waals surface area contributed by atoms with Crippen LogP contribution < -0.4 is 9.39 Å². The van der Waals surface area contributed by atoms with E-state index >= 15 is 0 Å². The van der Waals surface area contributed by atoms with Crippen LogP contribution >= 0.6 is 0 Å². The molecule has 0 fully saturated rings. The van der Waals surface area contributed by atoms with Gasteiger partial charge in [0.2, 0.25) is 0 Å². The fraction of sp³-hybridized carbons (Fsp3) is 0.364. The Labute approximate surface area is 99.4 Å². The molecule has 0 spiro atoms. The van der Waals surface area contributed by atoms with Crippen molar-refractivity contribution < 1.29 is 23.9 Å². The Hall–Kier alpha value is -1.69. The largest absolute Gasteiger partial charge is 0.535 e. The average molecular weight is 236 g/mol. The van der Waals surface area contributed by atoms with Crippen molar-refractivity contribution in [3.63, 3.8) is 0 Å². The van der Waals surface area contributed by atoms with Gasteiger partial charge in [0.25, 0.3) is 0 Å². The van der Waals surface area contributed by atoms with E-state index in [4.69, 9.17) is 14.1 Å². The molecule has 1 heterocycles. The minimum atomic E-state index is -0.891. The molecule has 0 radical (unpaired) electrons. The number of ether oxygens (including phenoxy) is 2. The van der Waals surface area contributed by atoms with E-state index in [1.165, 1.54) is 14.2 Å². The molecule has 1 aliphatic rings. The molecule has 0 saturated carbocycles. The fourth-order valence-electron chi connectivity index (χ4n) is 1.88. The van der Waals surface area contributed by atoms with Crippen molar-refractivity contribution in [3.8, 4) is 11.5 Å². The predicted molar refractivity (Wildman–Crippen MR) is 61.4 cm³/mol. The first-order chi connectivity index (χ1) is 8.17. The zero-order valence-electron chi connectivity index (χ0n) is 9.73. The number of carbonyl (C=O) groups is 1. The van der Waals surface area contributed by atoms with Gasteiger partial charge >= 0.3 is 13.1 Å². The van der Waals surface area contributed by atoms with Crippen molar-refractivity contribution in [3.05, 3.63) is 23.3 Å². The first-order valence-electron chi connectivity index (χ1n) is 5.30. The number of aryl methyl sites for hydroxylation is 1. The summed E-state index contributed by atoms with van der Waals surface area (Å²) in [6.45, 7) is 0. The van der Waals surface area contributed by atoms with Crippen LogP contribution in [0.15, 0.2) is 12.1 Å². The van der Waals surface area contributed by atoms with Crippen molar-refractivity contribution in [1.29, 1.82) is 0 Å². The molecule has 1 aromatic rings. The third-order valence-electron chi connectivity index (χ3n) is 2.72. The highest BCUT2D eigenvalue weighted by Crippen LogP contribution is 2.36. The van der Waals surface area contributed by atoms with Crippen molar-refractivity contribution in [2.24, 2.45) is 0 Å². The van der Waals surface area contributed by atoms with Crippen molar-refractivity contribution >= 4 is 13.1 Å². The number of methoxy groups -OCH3 is 2. The van der Waals surface area contributed by atoms with Crippen LogP contribution in [0.2, 0.25) is 6.32 Å². The molecular formula is C11H13BO5. The topological polar surface area (TPSA) is 65.0 Å². The molecule has 90 valence electrons. The lowest BCUT2D eigenvalue weighted by molar-refractivity contribution is 0.0594. The Morgan fingerprint density at radius 2 is 2.24 bits per heavy atom. The third-order valence-corrected chi connectivity index (χ3v) is 2.72. The molecule has 5 nitrogen and oxygen atoms in total. The van der Waals surface area contributed by atoms with Crippen LogP contribution in [0.25, 0.3) is 0 Å². The van der Waals surface area contributed by atoms with Crippen LogP contribution in [0.1, 0.15) is 15.9 Å². The quantitative estimate of drug-likeness (QED) is 0.610. The number of hydrogen-bond acceptors (Lipinski definition) is 5. The molecule has 1 aliphatic heterocycles. The Morgan fingerprint density at radius 1 is 1.47 bits per heavy atom. The van der Waals surface area contributed by atoms with Crippen LogP contribution in [-0.2, 0) is 11.2 Å². The molecule has 1 aromatic carbocycles. The van der Waals surface area contributed by atoms with Crippen LogP contribution in [-0.4, -0.2) is 32.3 Å². The molecule has 0 aromatic heterocycles. The zero-order chi connectivity index (χ0) is 12.4. The summed E-state index contributed by atoms with van der Waals surface area (Å²) >= 11 is 0. The standard InChI is InChI=1S/C11H13BO5/c1-15-8-4-3-7-5-6-12(14)17-10(7)9(8)11(13)16-2/h3-4,14H,5-6H2,1-2H3. The maximum absolute atomic E-state index is 11.7. The van der Waals surface area contributed by atoms with Crippen LogP contribution in [0.3, 0.4) is 0 Å². The Kier molecular flexibility index (Phi) is 3.24. The van der Waals surface area contributed by atoms with Crippen LogP contribution in [0, 0.1) is 0 Å². The first-order valence-corrected chi connectivity index (χ1v) is 5.30. The van der Waals surface area contributed by atoms with Gasteiger partial charge < -0.3 is 19.2 Å². The van der Waals surface area contributed by atoms with E-state index in [0.29, 0.717) is 24.2 Å². The van der Waals surface area contributed by atoms with Gasteiger partial charge in [0.05, 0.1) is 14.2 Å². The second-order valence-electron chi connectivity index (χ2n) is 3.73. The second kappa shape index (κ2) is 4.67. The van der Waals surface area contributed by atoms with E-state index in [0.717, 1.165) is 5.56 Å². The lowest BCUT2D eigenvalue weighted by Crippen LogP contribution is -2.28. The summed E-state index contributed by atoms with van der Waals surface area (Å²) in [6, 6.07) is 3.53. The molecule has 6 heteroatoms. The minimum Gasteiger partial charge on any atom is -0.535 e. The Bertz CT molecular complexity index is 446. The molecule has 0 bridgehead atoms. The molecule has 0 unspecified atom stereocenters. The number of rotatable bonds is 2. The SMILES string of the molecule is COC(=O)c1c(OC)ccc2c1OB(O)CC2. The van der Waals surface area contributed by atoms with Crippen molar-refractivity contribution in [1.82, 2.24) is 0 Å². The average Bonchev–Trinajstić information content (AvgIpc) is 2.36. The highest BCUT2D eigenvalue weighted by atomic mass is 16.5. The summed E-state index contributed by atoms with van der Waals surface area (Å²) in [5.41, 5.74) is 1.10. The number of hydrogen-bond donors (Lipinski definition) is 1. The number of fused-ring (bicyclic) bond motifs is 1.